The Morgan fingerprint density at radius 3 is 1.71 bits per heavy atom. The molecule has 3 rings (SSSR count). The molecule has 0 saturated heterocycles. The average Bonchev–Trinajstić information content (AvgIpc) is 2.53. The maximum atomic E-state index is 12.3. The molecule has 0 bridgehead atoms. The zero-order valence-electron chi connectivity index (χ0n) is 22.1. The van der Waals surface area contributed by atoms with E-state index in [1.807, 2.05) is 0 Å². The first-order chi connectivity index (χ1) is 13.9. The van der Waals surface area contributed by atoms with Crippen LogP contribution in [0.5, 0.6) is 0 Å². The fourth-order valence-electron chi connectivity index (χ4n) is 5.99. The van der Waals surface area contributed by atoms with E-state index in [0.717, 1.165) is 32.1 Å². The van der Waals surface area contributed by atoms with Crippen LogP contribution in [0.1, 0.15) is 80.1 Å². The number of ether oxygens (including phenoxy) is 1. The molecule has 4 nitrogen and oxygen atoms in total. The van der Waals surface area contributed by atoms with Gasteiger partial charge in [-0.25, -0.2) is 0 Å². The highest BCUT2D eigenvalue weighted by Crippen LogP contribution is 2.71. The molecule has 31 heavy (non-hydrogen) atoms. The minimum absolute atomic E-state index is 0.0107. The van der Waals surface area contributed by atoms with E-state index in [9.17, 15) is 4.79 Å². The number of methoxy groups -OCH3 is 1. The van der Waals surface area contributed by atoms with Crippen LogP contribution in [0.15, 0.2) is 0 Å². The van der Waals surface area contributed by atoms with Crippen LogP contribution in [0.25, 0.3) is 0 Å². The molecule has 3 saturated carbocycles. The first-order valence-electron chi connectivity index (χ1n) is 12.4. The lowest BCUT2D eigenvalue weighted by Gasteiger charge is -2.68. The molecule has 3 aliphatic carbocycles. The highest BCUT2D eigenvalue weighted by molar-refractivity contribution is 6.75. The standard InChI is InChI=1S/C25H48O4Si2/c1-22(2,3)30(8,9)28-25(29-31(10,11)23(4,5)6)15-13-19-18(17-25)16-24(19)14-12-20(24)21(26)27-7/h18-20H,12-17H2,1-11H3/t18?,19?,20-,24?/m1/s1. The summed E-state index contributed by atoms with van der Waals surface area (Å²) in [7, 11) is -2.45. The van der Waals surface area contributed by atoms with Gasteiger partial charge in [0, 0.05) is 6.42 Å². The molecule has 180 valence electrons. The van der Waals surface area contributed by atoms with Gasteiger partial charge >= 0.3 is 5.97 Å². The Balaban J connectivity index is 1.84. The van der Waals surface area contributed by atoms with E-state index in [0.29, 0.717) is 11.8 Å². The predicted octanol–water partition coefficient (Wildman–Crippen LogP) is 7.12. The van der Waals surface area contributed by atoms with E-state index in [1.54, 1.807) is 0 Å². The second-order valence-electron chi connectivity index (χ2n) is 13.8. The van der Waals surface area contributed by atoms with Crippen LogP contribution < -0.4 is 0 Å². The summed E-state index contributed by atoms with van der Waals surface area (Å²) in [6.07, 6.45) is 6.40. The highest BCUT2D eigenvalue weighted by atomic mass is 28.4. The summed E-state index contributed by atoms with van der Waals surface area (Å²) in [5.74, 6) is 0.907. The molecule has 1 spiro atoms. The van der Waals surface area contributed by atoms with Gasteiger partial charge < -0.3 is 13.6 Å². The van der Waals surface area contributed by atoms with Gasteiger partial charge in [-0.1, -0.05) is 41.5 Å². The van der Waals surface area contributed by atoms with Gasteiger partial charge in [-0.3, -0.25) is 4.79 Å². The van der Waals surface area contributed by atoms with Crippen LogP contribution in [0.4, 0.5) is 0 Å². The van der Waals surface area contributed by atoms with Gasteiger partial charge in [0.15, 0.2) is 16.6 Å². The lowest BCUT2D eigenvalue weighted by Crippen LogP contribution is -2.66. The maximum absolute atomic E-state index is 12.3. The van der Waals surface area contributed by atoms with Crippen molar-refractivity contribution < 1.29 is 18.4 Å². The lowest BCUT2D eigenvalue weighted by atomic mass is 9.38. The highest BCUT2D eigenvalue weighted by Gasteiger charge is 2.67. The van der Waals surface area contributed by atoms with Crippen molar-refractivity contribution in [2.45, 2.75) is 122 Å². The van der Waals surface area contributed by atoms with Gasteiger partial charge in [0.2, 0.25) is 0 Å². The fraction of sp³-hybridized carbons (Fsp3) is 0.960. The van der Waals surface area contributed by atoms with Crippen molar-refractivity contribution in [2.75, 3.05) is 7.11 Å². The second kappa shape index (κ2) is 7.67. The molecule has 3 fully saturated rings. The van der Waals surface area contributed by atoms with Gasteiger partial charge in [0.1, 0.15) is 5.79 Å². The Morgan fingerprint density at radius 2 is 1.35 bits per heavy atom. The Bertz CT molecular complexity index is 675. The summed E-state index contributed by atoms with van der Waals surface area (Å²) in [6.45, 7) is 23.3. The number of carbonyl (C=O) groups excluding carboxylic acids is 1. The van der Waals surface area contributed by atoms with E-state index in [-0.39, 0.29) is 27.4 Å². The number of fused-ring (bicyclic) bond motifs is 2. The summed E-state index contributed by atoms with van der Waals surface area (Å²) in [5, 5.41) is 0.302. The summed E-state index contributed by atoms with van der Waals surface area (Å²) in [5.41, 5.74) is 0.206. The maximum Gasteiger partial charge on any atom is 0.309 e. The molecule has 3 unspecified atom stereocenters. The molecule has 0 aromatic carbocycles. The summed E-state index contributed by atoms with van der Waals surface area (Å²) in [6, 6.07) is 0. The minimum atomic E-state index is -2.00. The third-order valence-corrected chi connectivity index (χ3v) is 18.9. The van der Waals surface area contributed by atoms with Crippen molar-refractivity contribution in [3.05, 3.63) is 0 Å². The Labute approximate surface area is 193 Å². The van der Waals surface area contributed by atoms with Crippen molar-refractivity contribution >= 4 is 22.6 Å². The van der Waals surface area contributed by atoms with E-state index in [2.05, 4.69) is 67.7 Å². The molecule has 3 aliphatic rings. The molecule has 0 N–H and O–H groups in total. The van der Waals surface area contributed by atoms with Gasteiger partial charge in [0.05, 0.1) is 13.0 Å². The van der Waals surface area contributed by atoms with Crippen molar-refractivity contribution in [1.29, 1.82) is 0 Å². The van der Waals surface area contributed by atoms with Gasteiger partial charge in [-0.2, -0.15) is 0 Å². The molecular weight excluding hydrogens is 420 g/mol. The molecule has 0 aromatic heterocycles. The zero-order valence-corrected chi connectivity index (χ0v) is 24.1. The topological polar surface area (TPSA) is 44.8 Å². The van der Waals surface area contributed by atoms with E-state index in [1.165, 1.54) is 13.5 Å². The number of hydrogen-bond donors (Lipinski definition) is 0. The van der Waals surface area contributed by atoms with Gasteiger partial charge in [0.25, 0.3) is 0 Å². The minimum Gasteiger partial charge on any atom is -0.469 e. The third kappa shape index (κ3) is 4.24. The summed E-state index contributed by atoms with van der Waals surface area (Å²) >= 11 is 0. The molecule has 0 aromatic rings. The number of carbonyl (C=O) groups is 1. The SMILES string of the molecule is COC(=O)[C@H]1CCC12CC1CC(O[Si](C)(C)C(C)(C)C)(O[Si](C)(C)C(C)(C)C)CCC12. The van der Waals surface area contributed by atoms with Crippen LogP contribution >= 0.6 is 0 Å². The Morgan fingerprint density at radius 1 is 0.839 bits per heavy atom. The van der Waals surface area contributed by atoms with E-state index >= 15 is 0 Å². The second-order valence-corrected chi connectivity index (χ2v) is 23.2. The third-order valence-electron chi connectivity index (χ3n) is 9.93. The molecule has 6 heteroatoms. The largest absolute Gasteiger partial charge is 0.469 e. The lowest BCUT2D eigenvalue weighted by molar-refractivity contribution is -0.248. The monoisotopic (exact) mass is 468 g/mol. The first kappa shape index (κ1) is 25.4. The fourth-order valence-corrected chi connectivity index (χ4v) is 9.00. The predicted molar refractivity (Wildman–Crippen MR) is 132 cm³/mol. The molecule has 0 amide bonds. The average molecular weight is 469 g/mol. The van der Waals surface area contributed by atoms with Gasteiger partial charge in [-0.15, -0.1) is 0 Å². The van der Waals surface area contributed by atoms with Crippen LogP contribution in [-0.4, -0.2) is 35.5 Å². The van der Waals surface area contributed by atoms with Crippen LogP contribution in [0, 0.1) is 23.2 Å². The summed E-state index contributed by atoms with van der Waals surface area (Å²) < 4.78 is 19.5. The normalized spacial score (nSPS) is 33.3. The van der Waals surface area contributed by atoms with E-state index in [4.69, 9.17) is 13.6 Å². The van der Waals surface area contributed by atoms with E-state index < -0.39 is 22.4 Å². The number of rotatable bonds is 5. The first-order valence-corrected chi connectivity index (χ1v) is 18.2. The van der Waals surface area contributed by atoms with Crippen molar-refractivity contribution in [1.82, 2.24) is 0 Å². The van der Waals surface area contributed by atoms with Crippen molar-refractivity contribution in [3.8, 4) is 0 Å². The Hall–Kier alpha value is -0.176. The zero-order chi connectivity index (χ0) is 23.7. The van der Waals surface area contributed by atoms with Crippen molar-refractivity contribution in [3.63, 3.8) is 0 Å². The number of hydrogen-bond acceptors (Lipinski definition) is 4. The molecule has 0 aliphatic heterocycles. The smallest absolute Gasteiger partial charge is 0.309 e. The van der Waals surface area contributed by atoms with Crippen LogP contribution in [0.3, 0.4) is 0 Å². The molecule has 0 heterocycles. The van der Waals surface area contributed by atoms with Gasteiger partial charge in [-0.05, 0) is 85.6 Å². The quantitative estimate of drug-likeness (QED) is 0.245. The summed E-state index contributed by atoms with van der Waals surface area (Å²) in [4.78, 5) is 12.3. The molecule has 0 radical (unpaired) electrons. The number of esters is 1. The molecular formula is C25H48O4Si2. The van der Waals surface area contributed by atoms with Crippen LogP contribution in [-0.2, 0) is 18.4 Å². The molecule has 4 atom stereocenters. The van der Waals surface area contributed by atoms with Crippen LogP contribution in [0.2, 0.25) is 36.3 Å². The van der Waals surface area contributed by atoms with Crippen molar-refractivity contribution in [2.24, 2.45) is 23.2 Å². The Kier molecular flexibility index (Phi) is 6.30.